The zero-order chi connectivity index (χ0) is 18.1. The Balaban J connectivity index is 1.55. The standard InChI is InChI=1S/C21H26N2O3/c1-2-19(24)23-12-10-21(11-13-23,15-6-4-3-5-7-15)20(25)22-17-14-16-8-9-18(17)26-16/h2-7,16-18H,1,8-14H2,(H,22,25)/t16-,17-,18+/m1/s1. The van der Waals surface area contributed by atoms with Crippen LogP contribution >= 0.6 is 0 Å². The summed E-state index contributed by atoms with van der Waals surface area (Å²) in [5, 5.41) is 3.29. The summed E-state index contributed by atoms with van der Waals surface area (Å²) in [5.41, 5.74) is 0.452. The largest absolute Gasteiger partial charge is 0.373 e. The minimum absolute atomic E-state index is 0.0615. The smallest absolute Gasteiger partial charge is 0.245 e. The zero-order valence-electron chi connectivity index (χ0n) is 15.0. The van der Waals surface area contributed by atoms with Crippen LogP contribution in [-0.4, -0.2) is 48.1 Å². The molecule has 3 heterocycles. The van der Waals surface area contributed by atoms with Crippen molar-refractivity contribution in [3.8, 4) is 0 Å². The van der Waals surface area contributed by atoms with Gasteiger partial charge in [0.25, 0.3) is 0 Å². The first-order valence-corrected chi connectivity index (χ1v) is 9.56. The zero-order valence-corrected chi connectivity index (χ0v) is 15.0. The Hall–Kier alpha value is -2.14. The molecule has 2 amide bonds. The van der Waals surface area contributed by atoms with E-state index in [1.54, 1.807) is 4.90 Å². The average molecular weight is 354 g/mol. The van der Waals surface area contributed by atoms with Gasteiger partial charge in [-0.15, -0.1) is 0 Å². The predicted molar refractivity (Wildman–Crippen MR) is 98.6 cm³/mol. The average Bonchev–Trinajstić information content (AvgIpc) is 3.31. The molecule has 0 spiro atoms. The van der Waals surface area contributed by atoms with E-state index in [-0.39, 0.29) is 24.0 Å². The van der Waals surface area contributed by atoms with Crippen LogP contribution in [0, 0.1) is 0 Å². The molecule has 3 fully saturated rings. The molecule has 3 atom stereocenters. The lowest BCUT2D eigenvalue weighted by Gasteiger charge is -2.41. The molecule has 5 heteroatoms. The molecule has 26 heavy (non-hydrogen) atoms. The third-order valence-corrected chi connectivity index (χ3v) is 6.29. The summed E-state index contributed by atoms with van der Waals surface area (Å²) >= 11 is 0. The number of amides is 2. The normalized spacial score (nSPS) is 29.4. The van der Waals surface area contributed by atoms with Crippen LogP contribution < -0.4 is 5.32 Å². The van der Waals surface area contributed by atoms with Crippen molar-refractivity contribution in [1.82, 2.24) is 10.2 Å². The van der Waals surface area contributed by atoms with Crippen molar-refractivity contribution in [1.29, 1.82) is 0 Å². The number of nitrogens with one attached hydrogen (secondary N) is 1. The number of piperidine rings is 1. The van der Waals surface area contributed by atoms with Crippen molar-refractivity contribution in [2.75, 3.05) is 13.1 Å². The number of nitrogens with zero attached hydrogens (tertiary/aromatic N) is 1. The second-order valence-corrected chi connectivity index (χ2v) is 7.67. The number of hydrogen-bond donors (Lipinski definition) is 1. The van der Waals surface area contributed by atoms with E-state index in [4.69, 9.17) is 4.74 Å². The molecule has 1 aromatic carbocycles. The molecule has 0 unspecified atom stereocenters. The lowest BCUT2D eigenvalue weighted by molar-refractivity contribution is -0.134. The summed E-state index contributed by atoms with van der Waals surface area (Å²) in [5.74, 6) is 0.0177. The van der Waals surface area contributed by atoms with Crippen molar-refractivity contribution < 1.29 is 14.3 Å². The summed E-state index contributed by atoms with van der Waals surface area (Å²) < 4.78 is 5.90. The van der Waals surface area contributed by atoms with E-state index in [2.05, 4.69) is 11.9 Å². The fourth-order valence-electron chi connectivity index (χ4n) is 4.74. The third kappa shape index (κ3) is 2.94. The Morgan fingerprint density at radius 1 is 1.19 bits per heavy atom. The number of ether oxygens (including phenoxy) is 1. The Morgan fingerprint density at radius 2 is 1.92 bits per heavy atom. The monoisotopic (exact) mass is 354 g/mol. The van der Waals surface area contributed by atoms with E-state index in [9.17, 15) is 9.59 Å². The first kappa shape index (κ1) is 17.3. The molecule has 0 radical (unpaired) electrons. The van der Waals surface area contributed by atoms with E-state index in [0.717, 1.165) is 24.8 Å². The molecule has 1 aromatic rings. The highest BCUT2D eigenvalue weighted by molar-refractivity contribution is 5.90. The van der Waals surface area contributed by atoms with Crippen molar-refractivity contribution in [2.24, 2.45) is 0 Å². The van der Waals surface area contributed by atoms with Gasteiger partial charge in [-0.25, -0.2) is 0 Å². The molecule has 3 aliphatic heterocycles. The molecular formula is C21H26N2O3. The highest BCUT2D eigenvalue weighted by atomic mass is 16.5. The second-order valence-electron chi connectivity index (χ2n) is 7.67. The van der Waals surface area contributed by atoms with Gasteiger partial charge in [0.15, 0.2) is 0 Å². The molecule has 5 nitrogen and oxygen atoms in total. The summed E-state index contributed by atoms with van der Waals surface area (Å²) in [4.78, 5) is 27.1. The number of fused-ring (bicyclic) bond motifs is 2. The van der Waals surface area contributed by atoms with Gasteiger partial charge in [-0.3, -0.25) is 9.59 Å². The summed E-state index contributed by atoms with van der Waals surface area (Å²) in [7, 11) is 0. The van der Waals surface area contributed by atoms with Gasteiger partial charge < -0.3 is 15.0 Å². The van der Waals surface area contributed by atoms with Gasteiger partial charge >= 0.3 is 0 Å². The lowest BCUT2D eigenvalue weighted by Crippen LogP contribution is -2.55. The SMILES string of the molecule is C=CC(=O)N1CCC(C(=O)N[C@@H]2C[C@H]3CC[C@@H]2O3)(c2ccccc2)CC1. The highest BCUT2D eigenvalue weighted by Crippen LogP contribution is 2.38. The van der Waals surface area contributed by atoms with E-state index in [0.29, 0.717) is 32.0 Å². The van der Waals surface area contributed by atoms with Crippen molar-refractivity contribution >= 4 is 11.8 Å². The fraction of sp³-hybridized carbons (Fsp3) is 0.524. The summed E-state index contributed by atoms with van der Waals surface area (Å²) in [6.45, 7) is 4.71. The minimum atomic E-state index is -0.582. The van der Waals surface area contributed by atoms with Gasteiger partial charge in [0.1, 0.15) is 0 Å². The third-order valence-electron chi connectivity index (χ3n) is 6.29. The van der Waals surface area contributed by atoms with E-state index in [1.807, 2.05) is 30.3 Å². The maximum Gasteiger partial charge on any atom is 0.245 e. The molecule has 0 saturated carbocycles. The first-order valence-electron chi connectivity index (χ1n) is 9.56. The number of hydrogen-bond acceptors (Lipinski definition) is 3. The maximum absolute atomic E-state index is 13.4. The van der Waals surface area contributed by atoms with E-state index < -0.39 is 5.41 Å². The number of likely N-dealkylation sites (tertiary alicyclic amines) is 1. The van der Waals surface area contributed by atoms with Crippen molar-refractivity contribution in [3.05, 3.63) is 48.6 Å². The lowest BCUT2D eigenvalue weighted by atomic mass is 9.71. The van der Waals surface area contributed by atoms with Crippen LogP contribution in [0.15, 0.2) is 43.0 Å². The van der Waals surface area contributed by atoms with Crippen LogP contribution in [0.2, 0.25) is 0 Å². The van der Waals surface area contributed by atoms with Crippen LogP contribution in [0.5, 0.6) is 0 Å². The quantitative estimate of drug-likeness (QED) is 0.843. The molecule has 138 valence electrons. The van der Waals surface area contributed by atoms with Gasteiger partial charge in [-0.2, -0.15) is 0 Å². The first-order chi connectivity index (χ1) is 12.6. The highest BCUT2D eigenvalue weighted by Gasteiger charge is 2.47. The van der Waals surface area contributed by atoms with E-state index in [1.165, 1.54) is 6.08 Å². The molecule has 3 aliphatic rings. The molecule has 0 aromatic heterocycles. The Morgan fingerprint density at radius 3 is 2.50 bits per heavy atom. The summed E-state index contributed by atoms with van der Waals surface area (Å²) in [6, 6.07) is 10.1. The number of carbonyl (C=O) groups is 2. The second kappa shape index (κ2) is 6.88. The van der Waals surface area contributed by atoms with Crippen LogP contribution in [-0.2, 0) is 19.7 Å². The molecule has 3 saturated heterocycles. The molecular weight excluding hydrogens is 328 g/mol. The number of carbonyl (C=O) groups excluding carboxylic acids is 2. The maximum atomic E-state index is 13.4. The molecule has 2 bridgehead atoms. The van der Waals surface area contributed by atoms with Crippen LogP contribution in [0.25, 0.3) is 0 Å². The Kier molecular flexibility index (Phi) is 4.57. The molecule has 1 N–H and O–H groups in total. The topological polar surface area (TPSA) is 58.6 Å². The predicted octanol–water partition coefficient (Wildman–Crippen LogP) is 2.17. The van der Waals surface area contributed by atoms with Gasteiger partial charge in [-0.1, -0.05) is 36.9 Å². The van der Waals surface area contributed by atoms with Gasteiger partial charge in [0, 0.05) is 13.1 Å². The number of benzene rings is 1. The fourth-order valence-corrected chi connectivity index (χ4v) is 4.74. The van der Waals surface area contributed by atoms with Crippen LogP contribution in [0.4, 0.5) is 0 Å². The molecule has 4 rings (SSSR count). The number of rotatable bonds is 4. The van der Waals surface area contributed by atoms with Crippen molar-refractivity contribution in [3.63, 3.8) is 0 Å². The van der Waals surface area contributed by atoms with Gasteiger partial charge in [-0.05, 0) is 43.7 Å². The summed E-state index contributed by atoms with van der Waals surface area (Å²) in [6.07, 6.45) is 6.15. The Labute approximate surface area is 154 Å². The Bertz CT molecular complexity index is 694. The van der Waals surface area contributed by atoms with Gasteiger partial charge in [0.2, 0.25) is 11.8 Å². The van der Waals surface area contributed by atoms with Gasteiger partial charge in [0.05, 0.1) is 23.7 Å². The minimum Gasteiger partial charge on any atom is -0.373 e. The van der Waals surface area contributed by atoms with Crippen LogP contribution in [0.3, 0.4) is 0 Å². The van der Waals surface area contributed by atoms with Crippen molar-refractivity contribution in [2.45, 2.75) is 55.8 Å². The van der Waals surface area contributed by atoms with E-state index >= 15 is 0 Å². The van der Waals surface area contributed by atoms with Crippen LogP contribution in [0.1, 0.15) is 37.7 Å². The molecule has 0 aliphatic carbocycles.